The first-order valence-corrected chi connectivity index (χ1v) is 7.38. The lowest BCUT2D eigenvalue weighted by Crippen LogP contribution is -2.49. The lowest BCUT2D eigenvalue weighted by molar-refractivity contribution is 0.0740. The summed E-state index contributed by atoms with van der Waals surface area (Å²) in [6.45, 7) is 2.85. The molecule has 1 aliphatic heterocycles. The molecule has 110 valence electrons. The minimum Gasteiger partial charge on any atom is -0.345 e. The molecular weight excluding hydrogens is 290 g/mol. The average Bonchev–Trinajstić information content (AvgIpc) is 3.09. The summed E-state index contributed by atoms with van der Waals surface area (Å²) in [6, 6.07) is 0. The molecule has 2 aromatic heterocycles. The normalized spacial score (nSPS) is 15.1. The Hall–Kier alpha value is -2.26. The first kappa shape index (κ1) is 13.7. The molecule has 0 saturated carbocycles. The van der Waals surface area contributed by atoms with E-state index < -0.39 is 0 Å². The fourth-order valence-corrected chi connectivity index (χ4v) is 2.84. The Bertz CT molecular complexity index is 593. The van der Waals surface area contributed by atoms with Crippen molar-refractivity contribution in [3.05, 3.63) is 29.7 Å². The Morgan fingerprint density at radius 3 is 2.57 bits per heavy atom. The maximum Gasteiger partial charge on any atom is 0.274 e. The van der Waals surface area contributed by atoms with E-state index in [0.717, 1.165) is 18.2 Å². The van der Waals surface area contributed by atoms with E-state index in [9.17, 15) is 4.79 Å². The second-order valence-electron chi connectivity index (χ2n) is 4.53. The molecule has 0 spiro atoms. The molecule has 0 atom stereocenters. The summed E-state index contributed by atoms with van der Waals surface area (Å²) in [5, 5.41) is 2.95. The lowest BCUT2D eigenvalue weighted by atomic mass is 10.3. The van der Waals surface area contributed by atoms with E-state index in [0.29, 0.717) is 24.6 Å². The second kappa shape index (κ2) is 6.02. The van der Waals surface area contributed by atoms with Crippen molar-refractivity contribution in [3.8, 4) is 0 Å². The zero-order valence-electron chi connectivity index (χ0n) is 11.3. The number of piperazine rings is 1. The number of nitrogens with two attached hydrogens (primary N) is 1. The SMILES string of the molecule is NNc1cnc(C(=O)N2CCN(c3nccs3)CC2)cn1. The zero-order chi connectivity index (χ0) is 14.7. The largest absolute Gasteiger partial charge is 0.345 e. The van der Waals surface area contributed by atoms with E-state index in [-0.39, 0.29) is 5.91 Å². The summed E-state index contributed by atoms with van der Waals surface area (Å²) in [5.41, 5.74) is 2.71. The number of nitrogens with zero attached hydrogens (tertiary/aromatic N) is 5. The van der Waals surface area contributed by atoms with Crippen molar-refractivity contribution >= 4 is 28.2 Å². The van der Waals surface area contributed by atoms with Crippen LogP contribution in [0.3, 0.4) is 0 Å². The van der Waals surface area contributed by atoms with Crippen LogP contribution >= 0.6 is 11.3 Å². The van der Waals surface area contributed by atoms with Crippen LogP contribution in [-0.4, -0.2) is 51.9 Å². The van der Waals surface area contributed by atoms with Crippen LogP contribution in [-0.2, 0) is 0 Å². The van der Waals surface area contributed by atoms with Crippen LogP contribution in [0.5, 0.6) is 0 Å². The van der Waals surface area contributed by atoms with Crippen LogP contribution in [0, 0.1) is 0 Å². The standard InChI is InChI=1S/C12H15N7OS/c13-17-10-8-15-9(7-16-10)11(20)18-2-4-19(5-3-18)12-14-1-6-21-12/h1,6-8H,2-5,13H2,(H,16,17). The first-order chi connectivity index (χ1) is 10.3. The van der Waals surface area contributed by atoms with Crippen LogP contribution in [0.1, 0.15) is 10.5 Å². The number of thiazole rings is 1. The topological polar surface area (TPSA) is 100 Å². The van der Waals surface area contributed by atoms with E-state index in [2.05, 4.69) is 25.3 Å². The van der Waals surface area contributed by atoms with Crippen molar-refractivity contribution < 1.29 is 4.79 Å². The van der Waals surface area contributed by atoms with Crippen LogP contribution in [0.2, 0.25) is 0 Å². The third kappa shape index (κ3) is 2.93. The fourth-order valence-electron chi connectivity index (χ4n) is 2.15. The number of rotatable bonds is 3. The highest BCUT2D eigenvalue weighted by Gasteiger charge is 2.24. The Kier molecular flexibility index (Phi) is 3.93. The third-order valence-electron chi connectivity index (χ3n) is 3.28. The molecule has 0 bridgehead atoms. The molecule has 3 heterocycles. The number of hydrogen-bond acceptors (Lipinski definition) is 8. The van der Waals surface area contributed by atoms with Gasteiger partial charge in [-0.25, -0.2) is 20.8 Å². The minimum absolute atomic E-state index is 0.107. The van der Waals surface area contributed by atoms with Crippen LogP contribution < -0.4 is 16.2 Å². The number of anilines is 2. The molecule has 9 heteroatoms. The first-order valence-electron chi connectivity index (χ1n) is 6.50. The van der Waals surface area contributed by atoms with Crippen molar-refractivity contribution in [2.45, 2.75) is 0 Å². The second-order valence-corrected chi connectivity index (χ2v) is 5.40. The van der Waals surface area contributed by atoms with Gasteiger partial charge in [-0.05, 0) is 0 Å². The van der Waals surface area contributed by atoms with Crippen LogP contribution in [0.15, 0.2) is 24.0 Å². The summed E-state index contributed by atoms with van der Waals surface area (Å²) in [7, 11) is 0. The molecule has 0 radical (unpaired) electrons. The van der Waals surface area contributed by atoms with Gasteiger partial charge in [0.25, 0.3) is 5.91 Å². The zero-order valence-corrected chi connectivity index (χ0v) is 12.1. The van der Waals surface area contributed by atoms with Gasteiger partial charge in [0.2, 0.25) is 0 Å². The Labute approximate surface area is 125 Å². The molecule has 21 heavy (non-hydrogen) atoms. The van der Waals surface area contributed by atoms with Gasteiger partial charge in [-0.3, -0.25) is 4.79 Å². The number of carbonyl (C=O) groups is 1. The highest BCUT2D eigenvalue weighted by molar-refractivity contribution is 7.13. The molecule has 1 fully saturated rings. The molecule has 8 nitrogen and oxygen atoms in total. The Morgan fingerprint density at radius 1 is 1.19 bits per heavy atom. The van der Waals surface area contributed by atoms with Crippen molar-refractivity contribution in [2.24, 2.45) is 5.84 Å². The number of carbonyl (C=O) groups excluding carboxylic acids is 1. The quantitative estimate of drug-likeness (QED) is 0.616. The van der Waals surface area contributed by atoms with Crippen molar-refractivity contribution in [2.75, 3.05) is 36.5 Å². The van der Waals surface area contributed by atoms with Gasteiger partial charge in [-0.1, -0.05) is 0 Å². The molecular formula is C12H15N7OS. The van der Waals surface area contributed by atoms with E-state index in [1.807, 2.05) is 5.38 Å². The number of aromatic nitrogens is 3. The van der Waals surface area contributed by atoms with Crippen molar-refractivity contribution in [1.82, 2.24) is 19.9 Å². The highest BCUT2D eigenvalue weighted by Crippen LogP contribution is 2.19. The predicted molar refractivity (Wildman–Crippen MR) is 80.1 cm³/mol. The van der Waals surface area contributed by atoms with Crippen LogP contribution in [0.4, 0.5) is 10.9 Å². The maximum atomic E-state index is 12.3. The number of nitrogens with one attached hydrogen (secondary N) is 1. The molecule has 0 aliphatic carbocycles. The van der Waals surface area contributed by atoms with Gasteiger partial charge in [-0.2, -0.15) is 0 Å². The molecule has 0 unspecified atom stereocenters. The summed E-state index contributed by atoms with van der Waals surface area (Å²) < 4.78 is 0. The fraction of sp³-hybridized carbons (Fsp3) is 0.333. The van der Waals surface area contributed by atoms with E-state index in [4.69, 9.17) is 5.84 Å². The van der Waals surface area contributed by atoms with Gasteiger partial charge in [0.15, 0.2) is 10.9 Å². The number of nitrogen functional groups attached to an aromatic ring is 1. The van der Waals surface area contributed by atoms with Gasteiger partial charge in [-0.15, -0.1) is 11.3 Å². The van der Waals surface area contributed by atoms with Gasteiger partial charge in [0, 0.05) is 37.8 Å². The smallest absolute Gasteiger partial charge is 0.274 e. The average molecular weight is 305 g/mol. The summed E-state index contributed by atoms with van der Waals surface area (Å²) in [6.07, 6.45) is 4.67. The van der Waals surface area contributed by atoms with Crippen molar-refractivity contribution in [3.63, 3.8) is 0 Å². The Morgan fingerprint density at radius 2 is 2.00 bits per heavy atom. The summed E-state index contributed by atoms with van der Waals surface area (Å²) >= 11 is 1.61. The van der Waals surface area contributed by atoms with E-state index >= 15 is 0 Å². The highest BCUT2D eigenvalue weighted by atomic mass is 32.1. The summed E-state index contributed by atoms with van der Waals surface area (Å²) in [5.74, 6) is 5.55. The third-order valence-corrected chi connectivity index (χ3v) is 4.11. The van der Waals surface area contributed by atoms with Gasteiger partial charge >= 0.3 is 0 Å². The predicted octanol–water partition coefficient (Wildman–Crippen LogP) is 0.181. The van der Waals surface area contributed by atoms with Gasteiger partial charge in [0.05, 0.1) is 12.4 Å². The molecule has 3 N–H and O–H groups in total. The molecule has 3 rings (SSSR count). The lowest BCUT2D eigenvalue weighted by Gasteiger charge is -2.34. The monoisotopic (exact) mass is 305 g/mol. The number of hydrogen-bond donors (Lipinski definition) is 2. The molecule has 2 aromatic rings. The van der Waals surface area contributed by atoms with Gasteiger partial charge in [0.1, 0.15) is 5.69 Å². The molecule has 1 saturated heterocycles. The van der Waals surface area contributed by atoms with Crippen LogP contribution in [0.25, 0.3) is 0 Å². The molecule has 1 aliphatic rings. The van der Waals surface area contributed by atoms with E-state index in [1.54, 1.807) is 22.4 Å². The molecule has 0 aromatic carbocycles. The number of hydrazine groups is 1. The van der Waals surface area contributed by atoms with Gasteiger partial charge < -0.3 is 15.2 Å². The van der Waals surface area contributed by atoms with E-state index in [1.165, 1.54) is 12.4 Å². The maximum absolute atomic E-state index is 12.3. The summed E-state index contributed by atoms with van der Waals surface area (Å²) in [4.78, 5) is 28.7. The number of amides is 1. The Balaban J connectivity index is 1.62. The minimum atomic E-state index is -0.107. The molecule has 1 amide bonds. The van der Waals surface area contributed by atoms with Crippen molar-refractivity contribution in [1.29, 1.82) is 0 Å².